The predicted molar refractivity (Wildman–Crippen MR) is 127 cm³/mol. The fourth-order valence-corrected chi connectivity index (χ4v) is 3.93. The summed E-state index contributed by atoms with van der Waals surface area (Å²) < 4.78 is 12.6. The Bertz CT molecular complexity index is 1240. The number of amides is 1. The number of esters is 1. The molecule has 2 heterocycles. The van der Waals surface area contributed by atoms with Gasteiger partial charge in [0.1, 0.15) is 17.0 Å². The number of ether oxygens (including phenoxy) is 2. The number of para-hydroxylation sites is 2. The Morgan fingerprint density at radius 2 is 1.82 bits per heavy atom. The first-order valence-electron chi connectivity index (χ1n) is 10.4. The monoisotopic (exact) mass is 461 g/mol. The van der Waals surface area contributed by atoms with E-state index in [1.54, 1.807) is 42.3 Å². The Morgan fingerprint density at radius 3 is 2.55 bits per heavy atom. The zero-order valence-corrected chi connectivity index (χ0v) is 19.0. The maximum atomic E-state index is 13.1. The molecule has 33 heavy (non-hydrogen) atoms. The highest BCUT2D eigenvalue weighted by Gasteiger charge is 2.25. The molecule has 0 saturated carbocycles. The summed E-state index contributed by atoms with van der Waals surface area (Å²) in [5.41, 5.74) is 2.08. The molecular formula is C25H23N3O4S. The van der Waals surface area contributed by atoms with Crippen molar-refractivity contribution in [1.29, 1.82) is 0 Å². The van der Waals surface area contributed by atoms with Crippen molar-refractivity contribution in [3.8, 4) is 22.7 Å². The van der Waals surface area contributed by atoms with E-state index < -0.39 is 12.1 Å². The zero-order chi connectivity index (χ0) is 23.2. The van der Waals surface area contributed by atoms with Crippen molar-refractivity contribution in [1.82, 2.24) is 15.1 Å². The van der Waals surface area contributed by atoms with E-state index in [0.717, 1.165) is 10.6 Å². The van der Waals surface area contributed by atoms with Gasteiger partial charge in [-0.25, -0.2) is 9.48 Å². The molecule has 0 aliphatic heterocycles. The molecule has 0 fully saturated rings. The summed E-state index contributed by atoms with van der Waals surface area (Å²) in [6, 6.07) is 20.6. The Kier molecular flexibility index (Phi) is 6.85. The normalized spacial score (nSPS) is 11.6. The van der Waals surface area contributed by atoms with Gasteiger partial charge in [-0.15, -0.1) is 11.3 Å². The molecule has 0 radical (unpaired) electrons. The molecule has 1 amide bonds. The van der Waals surface area contributed by atoms with Crippen molar-refractivity contribution in [2.45, 2.75) is 19.6 Å². The molecule has 168 valence electrons. The van der Waals surface area contributed by atoms with Crippen LogP contribution >= 0.6 is 11.3 Å². The molecular weight excluding hydrogens is 438 g/mol. The van der Waals surface area contributed by atoms with Crippen LogP contribution in [0.25, 0.3) is 16.9 Å². The van der Waals surface area contributed by atoms with Crippen molar-refractivity contribution in [2.24, 2.45) is 0 Å². The maximum absolute atomic E-state index is 13.1. The van der Waals surface area contributed by atoms with Gasteiger partial charge in [0.15, 0.2) is 6.10 Å². The lowest BCUT2D eigenvalue weighted by molar-refractivity contribution is -0.129. The largest absolute Gasteiger partial charge is 0.496 e. The van der Waals surface area contributed by atoms with E-state index in [-0.39, 0.29) is 11.5 Å². The Morgan fingerprint density at radius 1 is 1.06 bits per heavy atom. The summed E-state index contributed by atoms with van der Waals surface area (Å²) in [6.07, 6.45) is 0.637. The Labute approximate surface area is 195 Å². The van der Waals surface area contributed by atoms with Gasteiger partial charge in [0, 0.05) is 16.6 Å². The number of nitrogens with one attached hydrogen (secondary N) is 1. The molecule has 0 spiro atoms. The Hall–Kier alpha value is -3.91. The van der Waals surface area contributed by atoms with Crippen LogP contribution in [0.15, 0.2) is 78.3 Å². The molecule has 0 aliphatic carbocycles. The number of methoxy groups -OCH3 is 1. The molecule has 1 N–H and O–H groups in total. The van der Waals surface area contributed by atoms with Crippen LogP contribution in [-0.2, 0) is 16.1 Å². The third-order valence-corrected chi connectivity index (χ3v) is 5.86. The van der Waals surface area contributed by atoms with Crippen LogP contribution in [0.5, 0.6) is 5.75 Å². The van der Waals surface area contributed by atoms with Gasteiger partial charge in [0.25, 0.3) is 5.91 Å². The fraction of sp³-hybridized carbons (Fsp3) is 0.160. The number of rotatable bonds is 8. The minimum absolute atomic E-state index is 0.237. The second kappa shape index (κ2) is 10.1. The van der Waals surface area contributed by atoms with Crippen molar-refractivity contribution >= 4 is 23.2 Å². The molecule has 4 aromatic rings. The number of carbonyl (C=O) groups is 2. The third kappa shape index (κ3) is 5.12. The highest BCUT2D eigenvalue weighted by Crippen LogP contribution is 2.32. The number of carbonyl (C=O) groups excluding carboxylic acids is 2. The van der Waals surface area contributed by atoms with Gasteiger partial charge in [-0.2, -0.15) is 5.10 Å². The van der Waals surface area contributed by atoms with Crippen LogP contribution in [0.4, 0.5) is 0 Å². The number of nitrogens with zero attached hydrogens (tertiary/aromatic N) is 2. The van der Waals surface area contributed by atoms with Gasteiger partial charge in [-0.05, 0) is 42.6 Å². The van der Waals surface area contributed by atoms with Crippen molar-refractivity contribution in [2.75, 3.05) is 7.11 Å². The fourth-order valence-electron chi connectivity index (χ4n) is 3.28. The van der Waals surface area contributed by atoms with Crippen LogP contribution in [-0.4, -0.2) is 34.9 Å². The van der Waals surface area contributed by atoms with Crippen molar-refractivity contribution in [3.05, 3.63) is 88.7 Å². The number of hydrogen-bond donors (Lipinski definition) is 1. The summed E-state index contributed by atoms with van der Waals surface area (Å²) in [5, 5.41) is 9.37. The molecule has 7 nitrogen and oxygen atoms in total. The van der Waals surface area contributed by atoms with Gasteiger partial charge >= 0.3 is 5.97 Å². The highest BCUT2D eigenvalue weighted by atomic mass is 32.1. The molecule has 0 saturated heterocycles. The van der Waals surface area contributed by atoms with Crippen LogP contribution in [0.3, 0.4) is 0 Å². The van der Waals surface area contributed by atoms with Crippen molar-refractivity contribution < 1.29 is 19.1 Å². The lowest BCUT2D eigenvalue weighted by Gasteiger charge is -2.13. The molecule has 0 aliphatic rings. The second-order valence-corrected chi connectivity index (χ2v) is 8.25. The SMILES string of the molecule is COc1ccccc1-c1nn(-c2ccccc2)cc1C(=O)OC(C)C(=O)NCc1cccs1. The molecule has 8 heteroatoms. The maximum Gasteiger partial charge on any atom is 0.342 e. The first kappa shape index (κ1) is 22.3. The molecule has 0 bridgehead atoms. The van der Waals surface area contributed by atoms with E-state index in [0.29, 0.717) is 23.6 Å². The van der Waals surface area contributed by atoms with Gasteiger partial charge in [0.05, 0.1) is 19.3 Å². The average Bonchev–Trinajstić information content (AvgIpc) is 3.53. The second-order valence-electron chi connectivity index (χ2n) is 7.22. The topological polar surface area (TPSA) is 82.5 Å². The minimum atomic E-state index is -0.969. The van der Waals surface area contributed by atoms with Gasteiger partial charge < -0.3 is 14.8 Å². The Balaban J connectivity index is 1.60. The molecule has 2 aromatic heterocycles. The first-order chi connectivity index (χ1) is 16.1. The van der Waals surface area contributed by atoms with E-state index in [2.05, 4.69) is 10.4 Å². The van der Waals surface area contributed by atoms with E-state index in [4.69, 9.17) is 9.47 Å². The van der Waals surface area contributed by atoms with E-state index in [1.807, 2.05) is 66.0 Å². The van der Waals surface area contributed by atoms with E-state index >= 15 is 0 Å². The molecule has 1 atom stereocenters. The standard InChI is InChI=1S/C25H23N3O4S/c1-17(24(29)26-15-19-11-8-14-33-19)32-25(30)21-16-28(18-9-4-3-5-10-18)27-23(21)20-12-6-7-13-22(20)31-2/h3-14,16-17H,15H2,1-2H3,(H,26,29). The quantitative estimate of drug-likeness (QED) is 0.392. The number of aromatic nitrogens is 2. The molecule has 4 rings (SSSR count). The number of thiophene rings is 1. The summed E-state index contributed by atoms with van der Waals surface area (Å²) in [6.45, 7) is 1.93. The van der Waals surface area contributed by atoms with Crippen LogP contribution in [0.1, 0.15) is 22.2 Å². The lowest BCUT2D eigenvalue weighted by atomic mass is 10.1. The summed E-state index contributed by atoms with van der Waals surface area (Å²) in [5.74, 6) is -0.436. The average molecular weight is 462 g/mol. The predicted octanol–water partition coefficient (Wildman–Crippen LogP) is 4.47. The van der Waals surface area contributed by atoms with E-state index in [1.165, 1.54) is 0 Å². The zero-order valence-electron chi connectivity index (χ0n) is 18.2. The van der Waals surface area contributed by atoms with E-state index in [9.17, 15) is 9.59 Å². The smallest absolute Gasteiger partial charge is 0.342 e. The van der Waals surface area contributed by atoms with Gasteiger partial charge in [-0.1, -0.05) is 36.4 Å². The van der Waals surface area contributed by atoms with Crippen molar-refractivity contribution in [3.63, 3.8) is 0 Å². The number of hydrogen-bond acceptors (Lipinski definition) is 6. The molecule has 1 unspecified atom stereocenters. The molecule has 2 aromatic carbocycles. The lowest BCUT2D eigenvalue weighted by Crippen LogP contribution is -2.35. The van der Waals surface area contributed by atoms with Crippen LogP contribution < -0.4 is 10.1 Å². The van der Waals surface area contributed by atoms with Gasteiger partial charge in [-0.3, -0.25) is 4.79 Å². The summed E-state index contributed by atoms with van der Waals surface area (Å²) >= 11 is 1.55. The van der Waals surface area contributed by atoms with Gasteiger partial charge in [0.2, 0.25) is 0 Å². The summed E-state index contributed by atoms with van der Waals surface area (Å²) in [7, 11) is 1.56. The first-order valence-corrected chi connectivity index (χ1v) is 11.2. The number of benzene rings is 2. The van der Waals surface area contributed by atoms with Crippen LogP contribution in [0.2, 0.25) is 0 Å². The highest BCUT2D eigenvalue weighted by molar-refractivity contribution is 7.09. The summed E-state index contributed by atoms with van der Waals surface area (Å²) in [4.78, 5) is 26.6. The third-order valence-electron chi connectivity index (χ3n) is 4.99. The van der Waals surface area contributed by atoms with Crippen LogP contribution in [0, 0.1) is 0 Å². The minimum Gasteiger partial charge on any atom is -0.496 e.